The Bertz CT molecular complexity index is 512. The second-order valence-electron chi connectivity index (χ2n) is 6.24. The minimum absolute atomic E-state index is 0.218. The highest BCUT2D eigenvalue weighted by atomic mass is 16.3. The Labute approximate surface area is 131 Å². The van der Waals surface area contributed by atoms with Crippen LogP contribution in [0.25, 0.3) is 0 Å². The average molecular weight is 309 g/mol. The number of aromatic nitrogens is 2. The Balaban J connectivity index is 1.83. The number of hydrogen-bond donors (Lipinski definition) is 4. The molecule has 22 heavy (non-hydrogen) atoms. The maximum atomic E-state index is 10.5. The first-order valence-corrected chi connectivity index (χ1v) is 7.76. The van der Waals surface area contributed by atoms with Gasteiger partial charge in [0.05, 0.1) is 18.8 Å². The van der Waals surface area contributed by atoms with Crippen molar-refractivity contribution in [3.63, 3.8) is 0 Å². The first-order chi connectivity index (χ1) is 10.4. The van der Waals surface area contributed by atoms with Crippen molar-refractivity contribution in [3.05, 3.63) is 18.0 Å². The highest BCUT2D eigenvalue weighted by molar-refractivity contribution is 5.79. The second kappa shape index (κ2) is 7.11. The molecule has 1 heterocycles. The Kier molecular flexibility index (Phi) is 5.42. The molecule has 3 unspecified atom stereocenters. The van der Waals surface area contributed by atoms with Gasteiger partial charge in [-0.1, -0.05) is 6.42 Å². The molecule has 1 saturated carbocycles. The number of nitrogens with one attached hydrogen (secondary N) is 2. The SMILES string of the molecule is CN=C(NCC1CCCC1O)NCC(C)(O)c1cnn(C)c1. The molecule has 0 aliphatic heterocycles. The Morgan fingerprint density at radius 3 is 2.82 bits per heavy atom. The van der Waals surface area contributed by atoms with E-state index in [0.717, 1.165) is 24.8 Å². The van der Waals surface area contributed by atoms with Gasteiger partial charge in [0.2, 0.25) is 0 Å². The summed E-state index contributed by atoms with van der Waals surface area (Å²) in [6, 6.07) is 0. The van der Waals surface area contributed by atoms with Crippen molar-refractivity contribution in [2.75, 3.05) is 20.1 Å². The summed E-state index contributed by atoms with van der Waals surface area (Å²) in [5.41, 5.74) is -0.275. The van der Waals surface area contributed by atoms with Crippen LogP contribution in [0.2, 0.25) is 0 Å². The van der Waals surface area contributed by atoms with E-state index in [1.54, 1.807) is 31.0 Å². The van der Waals surface area contributed by atoms with Crippen LogP contribution in [0.3, 0.4) is 0 Å². The molecule has 1 aromatic heterocycles. The normalized spacial score (nSPS) is 25.0. The average Bonchev–Trinajstić information content (AvgIpc) is 3.08. The van der Waals surface area contributed by atoms with E-state index in [2.05, 4.69) is 20.7 Å². The van der Waals surface area contributed by atoms with Gasteiger partial charge in [-0.05, 0) is 19.8 Å². The van der Waals surface area contributed by atoms with Crippen LogP contribution in [0.15, 0.2) is 17.4 Å². The van der Waals surface area contributed by atoms with Crippen molar-refractivity contribution < 1.29 is 10.2 Å². The predicted molar refractivity (Wildman–Crippen MR) is 85.5 cm³/mol. The van der Waals surface area contributed by atoms with Crippen molar-refractivity contribution in [1.29, 1.82) is 0 Å². The molecule has 1 aliphatic carbocycles. The smallest absolute Gasteiger partial charge is 0.191 e. The summed E-state index contributed by atoms with van der Waals surface area (Å²) in [4.78, 5) is 4.16. The summed E-state index contributed by atoms with van der Waals surface area (Å²) < 4.78 is 1.67. The molecule has 0 amide bonds. The molecule has 0 aromatic carbocycles. The molecule has 7 nitrogen and oxygen atoms in total. The number of nitrogens with zero attached hydrogens (tertiary/aromatic N) is 3. The van der Waals surface area contributed by atoms with Crippen LogP contribution < -0.4 is 10.6 Å². The standard InChI is InChI=1S/C15H27N5O2/c1-15(22,12-8-19-20(3)9-12)10-18-14(16-2)17-7-11-5-4-6-13(11)21/h8-9,11,13,21-22H,4-7,10H2,1-3H3,(H2,16,17,18). The van der Waals surface area contributed by atoms with E-state index >= 15 is 0 Å². The van der Waals surface area contributed by atoms with Gasteiger partial charge >= 0.3 is 0 Å². The monoisotopic (exact) mass is 309 g/mol. The number of aliphatic hydroxyl groups is 2. The van der Waals surface area contributed by atoms with Crippen LogP contribution in [0, 0.1) is 5.92 Å². The summed E-state index contributed by atoms with van der Waals surface area (Å²) in [6.07, 6.45) is 6.24. The number of aryl methyl sites for hydroxylation is 1. The molecule has 1 fully saturated rings. The number of hydrogen-bond acceptors (Lipinski definition) is 4. The van der Waals surface area contributed by atoms with Crippen molar-refractivity contribution in [2.24, 2.45) is 18.0 Å². The van der Waals surface area contributed by atoms with Crippen LogP contribution in [-0.2, 0) is 12.6 Å². The van der Waals surface area contributed by atoms with Crippen LogP contribution in [0.1, 0.15) is 31.7 Å². The lowest BCUT2D eigenvalue weighted by Crippen LogP contribution is -2.46. The van der Waals surface area contributed by atoms with Crippen molar-refractivity contribution in [1.82, 2.24) is 20.4 Å². The summed E-state index contributed by atoms with van der Waals surface area (Å²) in [5.74, 6) is 0.903. The number of aliphatic imine (C=N–C) groups is 1. The molecule has 1 aromatic rings. The summed E-state index contributed by atoms with van der Waals surface area (Å²) >= 11 is 0. The molecule has 2 rings (SSSR count). The van der Waals surface area contributed by atoms with Gasteiger partial charge < -0.3 is 20.8 Å². The van der Waals surface area contributed by atoms with Crippen LogP contribution in [0.5, 0.6) is 0 Å². The molecule has 3 atom stereocenters. The van der Waals surface area contributed by atoms with Crippen molar-refractivity contribution in [3.8, 4) is 0 Å². The molecule has 7 heteroatoms. The van der Waals surface area contributed by atoms with E-state index in [9.17, 15) is 10.2 Å². The highest BCUT2D eigenvalue weighted by Crippen LogP contribution is 2.24. The predicted octanol–water partition coefficient (Wildman–Crippen LogP) is -0.0464. The maximum Gasteiger partial charge on any atom is 0.191 e. The fraction of sp³-hybridized carbons (Fsp3) is 0.733. The van der Waals surface area contributed by atoms with Gasteiger partial charge in [-0.15, -0.1) is 0 Å². The fourth-order valence-corrected chi connectivity index (χ4v) is 2.76. The lowest BCUT2D eigenvalue weighted by atomic mass is 10.00. The van der Waals surface area contributed by atoms with E-state index in [0.29, 0.717) is 19.0 Å². The molecule has 0 radical (unpaired) electrons. The maximum absolute atomic E-state index is 10.5. The Morgan fingerprint density at radius 1 is 1.50 bits per heavy atom. The largest absolute Gasteiger partial charge is 0.393 e. The quantitative estimate of drug-likeness (QED) is 0.452. The first-order valence-electron chi connectivity index (χ1n) is 7.76. The van der Waals surface area contributed by atoms with Crippen LogP contribution >= 0.6 is 0 Å². The Morgan fingerprint density at radius 2 is 2.27 bits per heavy atom. The Hall–Kier alpha value is -1.60. The molecule has 4 N–H and O–H groups in total. The molecule has 0 spiro atoms. The third kappa shape index (κ3) is 4.20. The molecular weight excluding hydrogens is 282 g/mol. The third-order valence-corrected chi connectivity index (χ3v) is 4.30. The molecule has 0 bridgehead atoms. The summed E-state index contributed by atoms with van der Waals surface area (Å²) in [5, 5.41) is 30.8. The van der Waals surface area contributed by atoms with Crippen molar-refractivity contribution in [2.45, 2.75) is 37.9 Å². The summed E-state index contributed by atoms with van der Waals surface area (Å²) in [6.45, 7) is 2.76. The van der Waals surface area contributed by atoms with Gasteiger partial charge in [-0.3, -0.25) is 9.67 Å². The molecule has 124 valence electrons. The van der Waals surface area contributed by atoms with Crippen LogP contribution in [0.4, 0.5) is 0 Å². The van der Waals surface area contributed by atoms with Crippen LogP contribution in [-0.4, -0.2) is 52.2 Å². The van der Waals surface area contributed by atoms with Crippen molar-refractivity contribution >= 4 is 5.96 Å². The first kappa shape index (κ1) is 16.8. The number of guanidine groups is 1. The van der Waals surface area contributed by atoms with E-state index in [4.69, 9.17) is 0 Å². The van der Waals surface area contributed by atoms with E-state index in [1.807, 2.05) is 7.05 Å². The third-order valence-electron chi connectivity index (χ3n) is 4.30. The number of aliphatic hydroxyl groups excluding tert-OH is 1. The zero-order valence-corrected chi connectivity index (χ0v) is 13.6. The van der Waals surface area contributed by atoms with E-state index < -0.39 is 5.60 Å². The topological polar surface area (TPSA) is 94.7 Å². The van der Waals surface area contributed by atoms with Gasteiger partial charge in [-0.25, -0.2) is 0 Å². The molecular formula is C15H27N5O2. The van der Waals surface area contributed by atoms with Gasteiger partial charge in [0, 0.05) is 38.3 Å². The van der Waals surface area contributed by atoms with Gasteiger partial charge in [0.1, 0.15) is 5.60 Å². The van der Waals surface area contributed by atoms with Gasteiger partial charge in [-0.2, -0.15) is 5.10 Å². The van der Waals surface area contributed by atoms with E-state index in [-0.39, 0.29) is 12.0 Å². The van der Waals surface area contributed by atoms with E-state index in [1.165, 1.54) is 0 Å². The lowest BCUT2D eigenvalue weighted by Gasteiger charge is -2.24. The molecule has 0 saturated heterocycles. The van der Waals surface area contributed by atoms with Gasteiger partial charge in [0.25, 0.3) is 0 Å². The number of rotatable bonds is 5. The minimum atomic E-state index is -1.03. The minimum Gasteiger partial charge on any atom is -0.393 e. The zero-order valence-electron chi connectivity index (χ0n) is 13.6. The highest BCUT2D eigenvalue weighted by Gasteiger charge is 2.27. The molecule has 1 aliphatic rings. The fourth-order valence-electron chi connectivity index (χ4n) is 2.76. The zero-order chi connectivity index (χ0) is 16.2. The summed E-state index contributed by atoms with van der Waals surface area (Å²) in [7, 11) is 3.51. The van der Waals surface area contributed by atoms with Gasteiger partial charge in [0.15, 0.2) is 5.96 Å². The second-order valence-corrected chi connectivity index (χ2v) is 6.24. The lowest BCUT2D eigenvalue weighted by molar-refractivity contribution is 0.0615.